The molecule has 1 aromatic carbocycles. The number of alkyl halides is 3. The summed E-state index contributed by atoms with van der Waals surface area (Å²) in [6.07, 6.45) is -4.75. The number of aliphatic imine (C=N–C) groups is 1. The number of aliphatic carboxylic acids is 1. The van der Waals surface area contributed by atoms with Crippen molar-refractivity contribution >= 4 is 22.8 Å². The number of aliphatic hydroxyl groups is 1. The average molecular weight is 348 g/mol. The molecule has 1 aromatic rings. The highest BCUT2D eigenvalue weighted by molar-refractivity contribution is 8.14. The third kappa shape index (κ3) is 3.67. The van der Waals surface area contributed by atoms with Gasteiger partial charge in [-0.25, -0.2) is 4.99 Å². The minimum absolute atomic E-state index is 0.0781. The molecular weight excluding hydrogens is 333 g/mol. The van der Waals surface area contributed by atoms with Gasteiger partial charge in [-0.05, 0) is 12.5 Å². The lowest BCUT2D eigenvalue weighted by atomic mass is 9.94. The Labute approximate surface area is 134 Å². The molecular formula is C14H15F3N2O3S. The van der Waals surface area contributed by atoms with Gasteiger partial charge in [0, 0.05) is 12.0 Å². The molecule has 4 N–H and O–H groups in total. The number of nitrogens with two attached hydrogens (primary N) is 1. The Balaban J connectivity index is 2.18. The Kier molecular flexibility index (Phi) is 4.49. The highest BCUT2D eigenvalue weighted by Crippen LogP contribution is 2.40. The molecule has 9 heteroatoms. The molecule has 0 bridgehead atoms. The first-order chi connectivity index (χ1) is 10.4. The molecule has 0 amide bonds. The van der Waals surface area contributed by atoms with Crippen LogP contribution in [0.4, 0.5) is 13.2 Å². The molecule has 2 atom stereocenters. The zero-order chi connectivity index (χ0) is 17.5. The van der Waals surface area contributed by atoms with Crippen molar-refractivity contribution in [3.05, 3.63) is 35.4 Å². The van der Waals surface area contributed by atoms with Crippen LogP contribution in [-0.4, -0.2) is 44.4 Å². The summed E-state index contributed by atoms with van der Waals surface area (Å²) in [5.74, 6) is -1.74. The quantitative estimate of drug-likeness (QED) is 0.771. The molecule has 2 unspecified atom stereocenters. The van der Waals surface area contributed by atoms with Gasteiger partial charge < -0.3 is 15.9 Å². The predicted octanol–water partition coefficient (Wildman–Crippen LogP) is 1.78. The Morgan fingerprint density at radius 2 is 1.96 bits per heavy atom. The molecule has 0 spiro atoms. The van der Waals surface area contributed by atoms with Crippen LogP contribution in [0.25, 0.3) is 0 Å². The smallest absolute Gasteiger partial charge is 0.439 e. The van der Waals surface area contributed by atoms with Crippen LogP contribution in [0.15, 0.2) is 29.3 Å². The minimum atomic E-state index is -4.83. The van der Waals surface area contributed by atoms with Gasteiger partial charge in [-0.1, -0.05) is 24.3 Å². The van der Waals surface area contributed by atoms with Crippen molar-refractivity contribution in [3.63, 3.8) is 0 Å². The molecule has 0 fully saturated rings. The maximum Gasteiger partial charge on any atom is 0.439 e. The first kappa shape index (κ1) is 17.8. The molecule has 1 heterocycles. The van der Waals surface area contributed by atoms with E-state index in [9.17, 15) is 23.1 Å². The van der Waals surface area contributed by atoms with Crippen molar-refractivity contribution in [2.45, 2.75) is 30.8 Å². The molecule has 2 rings (SSSR count). The van der Waals surface area contributed by atoms with Gasteiger partial charge in [0.2, 0.25) is 0 Å². The highest BCUT2D eigenvalue weighted by atomic mass is 32.2. The van der Waals surface area contributed by atoms with Crippen LogP contribution in [-0.2, 0) is 11.2 Å². The maximum atomic E-state index is 12.7. The van der Waals surface area contributed by atoms with Gasteiger partial charge in [0.15, 0.2) is 0 Å². The SMILES string of the molecule is CC(N)(Cc1ccc(C2=NC(O)(C(F)(F)F)CS2)cc1)C(=O)O. The van der Waals surface area contributed by atoms with Gasteiger partial charge >= 0.3 is 12.1 Å². The summed E-state index contributed by atoms with van der Waals surface area (Å²) in [5.41, 5.74) is 2.21. The normalized spacial score (nSPS) is 24.2. The Morgan fingerprint density at radius 3 is 2.39 bits per heavy atom. The molecule has 0 radical (unpaired) electrons. The summed E-state index contributed by atoms with van der Waals surface area (Å²) < 4.78 is 38.2. The van der Waals surface area contributed by atoms with Crippen LogP contribution in [0, 0.1) is 0 Å². The first-order valence-corrected chi connectivity index (χ1v) is 7.56. The number of halogens is 3. The van der Waals surface area contributed by atoms with Crippen LogP contribution in [0.3, 0.4) is 0 Å². The Bertz CT molecular complexity index is 644. The Morgan fingerprint density at radius 1 is 1.39 bits per heavy atom. The number of hydrogen-bond acceptors (Lipinski definition) is 5. The summed E-state index contributed by atoms with van der Waals surface area (Å²) in [7, 11) is 0. The largest absolute Gasteiger partial charge is 0.480 e. The number of hydrogen-bond donors (Lipinski definition) is 3. The number of thioether (sulfide) groups is 1. The standard InChI is InChI=1S/C14H15F3N2O3S/c1-12(18,11(20)21)6-8-2-4-9(5-3-8)10-19-13(22,7-23-10)14(15,16)17/h2-5,22H,6-7,18H2,1H3,(H,20,21). The summed E-state index contributed by atoms with van der Waals surface area (Å²) in [6, 6.07) is 6.22. The van der Waals surface area contributed by atoms with Crippen LogP contribution in [0.5, 0.6) is 0 Å². The van der Waals surface area contributed by atoms with E-state index in [1.807, 2.05) is 0 Å². The van der Waals surface area contributed by atoms with Crippen LogP contribution in [0.1, 0.15) is 18.1 Å². The monoisotopic (exact) mass is 348 g/mol. The van der Waals surface area contributed by atoms with Crippen molar-refractivity contribution in [1.29, 1.82) is 0 Å². The molecule has 126 valence electrons. The number of carboxylic acids is 1. The second kappa shape index (κ2) is 5.81. The summed E-state index contributed by atoms with van der Waals surface area (Å²) >= 11 is 0.814. The third-order valence-electron chi connectivity index (χ3n) is 3.41. The topological polar surface area (TPSA) is 95.9 Å². The van der Waals surface area contributed by atoms with Crippen molar-refractivity contribution in [1.82, 2.24) is 0 Å². The van der Waals surface area contributed by atoms with Gasteiger partial charge in [-0.15, -0.1) is 11.8 Å². The van der Waals surface area contributed by atoms with E-state index in [0.717, 1.165) is 11.8 Å². The van der Waals surface area contributed by atoms with Gasteiger partial charge in [0.05, 0.1) is 5.75 Å². The van der Waals surface area contributed by atoms with Crippen LogP contribution >= 0.6 is 11.8 Å². The van der Waals surface area contributed by atoms with E-state index in [4.69, 9.17) is 10.8 Å². The second-order valence-corrected chi connectivity index (χ2v) is 6.58. The average Bonchev–Trinajstić information content (AvgIpc) is 2.82. The van der Waals surface area contributed by atoms with Gasteiger partial charge in [0.25, 0.3) is 5.72 Å². The number of rotatable bonds is 4. The third-order valence-corrected chi connectivity index (χ3v) is 4.56. The van der Waals surface area contributed by atoms with Crippen molar-refractivity contribution in [2.75, 3.05) is 5.75 Å². The van der Waals surface area contributed by atoms with E-state index < -0.39 is 29.2 Å². The molecule has 5 nitrogen and oxygen atoms in total. The van der Waals surface area contributed by atoms with E-state index in [1.54, 1.807) is 12.1 Å². The van der Waals surface area contributed by atoms with Crippen LogP contribution < -0.4 is 5.73 Å². The molecule has 23 heavy (non-hydrogen) atoms. The fraction of sp³-hybridized carbons (Fsp3) is 0.429. The number of carboxylic acid groups (broad SMARTS) is 1. The summed E-state index contributed by atoms with van der Waals surface area (Å²) in [6.45, 7) is 1.38. The van der Waals surface area contributed by atoms with Gasteiger partial charge in [0.1, 0.15) is 10.6 Å². The molecule has 0 aliphatic carbocycles. The van der Waals surface area contributed by atoms with E-state index >= 15 is 0 Å². The molecule has 0 saturated carbocycles. The lowest BCUT2D eigenvalue weighted by molar-refractivity contribution is -0.245. The fourth-order valence-corrected chi connectivity index (χ4v) is 3.04. The minimum Gasteiger partial charge on any atom is -0.480 e. The lowest BCUT2D eigenvalue weighted by Gasteiger charge is -2.21. The lowest BCUT2D eigenvalue weighted by Crippen LogP contribution is -2.46. The number of benzene rings is 1. The highest BCUT2D eigenvalue weighted by Gasteiger charge is 2.56. The van der Waals surface area contributed by atoms with Crippen molar-refractivity contribution < 1.29 is 28.2 Å². The summed E-state index contributed by atoms with van der Waals surface area (Å²) in [5, 5.41) is 18.6. The predicted molar refractivity (Wildman–Crippen MR) is 80.4 cm³/mol. The second-order valence-electron chi connectivity index (χ2n) is 5.62. The van der Waals surface area contributed by atoms with Gasteiger partial charge in [-0.3, -0.25) is 4.79 Å². The molecule has 0 saturated heterocycles. The van der Waals surface area contributed by atoms with E-state index in [-0.39, 0.29) is 11.5 Å². The number of carbonyl (C=O) groups is 1. The maximum absolute atomic E-state index is 12.7. The molecule has 0 aromatic heterocycles. The Hall–Kier alpha value is -1.58. The van der Waals surface area contributed by atoms with E-state index in [2.05, 4.69) is 4.99 Å². The van der Waals surface area contributed by atoms with E-state index in [1.165, 1.54) is 19.1 Å². The zero-order valence-electron chi connectivity index (χ0n) is 12.1. The van der Waals surface area contributed by atoms with E-state index in [0.29, 0.717) is 11.1 Å². The molecule has 1 aliphatic heterocycles. The molecule has 1 aliphatic rings. The van der Waals surface area contributed by atoms with Gasteiger partial charge in [-0.2, -0.15) is 13.2 Å². The zero-order valence-corrected chi connectivity index (χ0v) is 12.9. The fourth-order valence-electron chi connectivity index (χ4n) is 1.96. The first-order valence-electron chi connectivity index (χ1n) is 6.58. The summed E-state index contributed by atoms with van der Waals surface area (Å²) in [4.78, 5) is 14.4. The van der Waals surface area contributed by atoms with Crippen molar-refractivity contribution in [3.8, 4) is 0 Å². The van der Waals surface area contributed by atoms with Crippen LogP contribution in [0.2, 0.25) is 0 Å². The number of nitrogens with zero attached hydrogens (tertiary/aromatic N) is 1. The van der Waals surface area contributed by atoms with Crippen molar-refractivity contribution in [2.24, 2.45) is 10.7 Å².